The molecule has 2 aromatic rings. The van der Waals surface area contributed by atoms with Gasteiger partial charge < -0.3 is 14.1 Å². The molecule has 19 heavy (non-hydrogen) atoms. The molecule has 0 spiro atoms. The number of hydrogen-bond donors (Lipinski definition) is 1. The second kappa shape index (κ2) is 5.20. The van der Waals surface area contributed by atoms with Crippen LogP contribution in [0.3, 0.4) is 0 Å². The van der Waals surface area contributed by atoms with E-state index in [2.05, 4.69) is 0 Å². The highest BCUT2D eigenvalue weighted by Crippen LogP contribution is 2.19. The molecule has 0 aliphatic rings. The fourth-order valence-electron chi connectivity index (χ4n) is 1.76. The molecule has 0 aliphatic carbocycles. The van der Waals surface area contributed by atoms with Crippen molar-refractivity contribution < 1.29 is 17.9 Å². The number of nitrogens with zero attached hydrogens (tertiary/aromatic N) is 2. The zero-order valence-electron chi connectivity index (χ0n) is 10.8. The average molecular weight is 284 g/mol. The number of hydrogen-bond acceptors (Lipinski definition) is 4. The van der Waals surface area contributed by atoms with Crippen molar-refractivity contribution >= 4 is 10.0 Å². The number of aromatic nitrogens is 1. The largest absolute Gasteiger partial charge is 0.468 e. The Kier molecular flexibility index (Phi) is 3.79. The first-order chi connectivity index (χ1) is 8.95. The van der Waals surface area contributed by atoms with Gasteiger partial charge in [-0.2, -0.15) is 4.31 Å². The Bertz CT molecular complexity index is 643. The van der Waals surface area contributed by atoms with Gasteiger partial charge in [0.2, 0.25) is 10.0 Å². The monoisotopic (exact) mass is 284 g/mol. The first-order valence-corrected chi connectivity index (χ1v) is 7.14. The van der Waals surface area contributed by atoms with Gasteiger partial charge in [0.25, 0.3) is 0 Å². The van der Waals surface area contributed by atoms with Crippen LogP contribution in [-0.4, -0.2) is 29.4 Å². The standard InChI is InChI=1S/C12H16N2O4S/c1-13-8-12(6-10(13)9-15)19(16,17)14(2)7-11-4-3-5-18-11/h3-6,8,15H,7,9H2,1-2H3. The van der Waals surface area contributed by atoms with E-state index in [1.165, 1.54) is 29.9 Å². The van der Waals surface area contributed by atoms with Crippen LogP contribution in [0.5, 0.6) is 0 Å². The molecule has 0 aliphatic heterocycles. The summed E-state index contributed by atoms with van der Waals surface area (Å²) < 4.78 is 32.6. The molecule has 0 saturated carbocycles. The lowest BCUT2D eigenvalue weighted by Crippen LogP contribution is -2.26. The van der Waals surface area contributed by atoms with Crippen molar-refractivity contribution in [2.45, 2.75) is 18.0 Å². The lowest BCUT2D eigenvalue weighted by Gasteiger charge is -2.14. The van der Waals surface area contributed by atoms with Gasteiger partial charge in [-0.25, -0.2) is 8.42 Å². The van der Waals surface area contributed by atoms with Crippen LogP contribution in [0.1, 0.15) is 11.5 Å². The molecule has 0 amide bonds. The Balaban J connectivity index is 2.25. The molecule has 6 nitrogen and oxygen atoms in total. The molecule has 0 aromatic carbocycles. The summed E-state index contributed by atoms with van der Waals surface area (Å²) in [6.07, 6.45) is 2.99. The minimum absolute atomic E-state index is 0.160. The zero-order chi connectivity index (χ0) is 14.0. The fourth-order valence-corrected chi connectivity index (χ4v) is 3.00. The third-order valence-corrected chi connectivity index (χ3v) is 4.68. The van der Waals surface area contributed by atoms with Gasteiger partial charge in [0.1, 0.15) is 10.7 Å². The summed E-state index contributed by atoms with van der Waals surface area (Å²) in [4.78, 5) is 0.160. The molecule has 2 rings (SSSR count). The molecule has 1 N–H and O–H groups in total. The third kappa shape index (κ3) is 2.73. The van der Waals surface area contributed by atoms with Gasteiger partial charge in [0.05, 0.1) is 19.4 Å². The Morgan fingerprint density at radius 2 is 2.21 bits per heavy atom. The summed E-state index contributed by atoms with van der Waals surface area (Å²) in [5.74, 6) is 0.574. The van der Waals surface area contributed by atoms with E-state index in [0.29, 0.717) is 11.5 Å². The van der Waals surface area contributed by atoms with Gasteiger partial charge >= 0.3 is 0 Å². The number of sulfonamides is 1. The van der Waals surface area contributed by atoms with Crippen molar-refractivity contribution in [3.8, 4) is 0 Å². The van der Waals surface area contributed by atoms with Crippen LogP contribution >= 0.6 is 0 Å². The second-order valence-corrected chi connectivity index (χ2v) is 6.32. The van der Waals surface area contributed by atoms with E-state index in [4.69, 9.17) is 9.52 Å². The summed E-state index contributed by atoms with van der Waals surface area (Å²) in [7, 11) is -0.404. The molecule has 2 heterocycles. The lowest BCUT2D eigenvalue weighted by atomic mass is 10.4. The first-order valence-electron chi connectivity index (χ1n) is 5.70. The van der Waals surface area contributed by atoms with Crippen molar-refractivity contribution in [3.63, 3.8) is 0 Å². The van der Waals surface area contributed by atoms with E-state index in [0.717, 1.165) is 0 Å². The van der Waals surface area contributed by atoms with Crippen LogP contribution < -0.4 is 0 Å². The summed E-state index contributed by atoms with van der Waals surface area (Å²) in [6.45, 7) is -0.0351. The van der Waals surface area contributed by atoms with Gasteiger partial charge in [-0.3, -0.25) is 0 Å². The molecular formula is C12H16N2O4S. The maximum Gasteiger partial charge on any atom is 0.244 e. The van der Waals surface area contributed by atoms with Crippen LogP contribution in [0.2, 0.25) is 0 Å². The summed E-state index contributed by atoms with van der Waals surface area (Å²) in [6, 6.07) is 4.90. The molecule has 0 fully saturated rings. The van der Waals surface area contributed by atoms with Crippen LogP contribution in [0.15, 0.2) is 40.0 Å². The van der Waals surface area contributed by atoms with Crippen LogP contribution in [0.4, 0.5) is 0 Å². The molecule has 0 saturated heterocycles. The minimum Gasteiger partial charge on any atom is -0.468 e. The quantitative estimate of drug-likeness (QED) is 0.886. The van der Waals surface area contributed by atoms with Crippen LogP contribution in [0.25, 0.3) is 0 Å². The molecule has 2 aromatic heterocycles. The lowest BCUT2D eigenvalue weighted by molar-refractivity contribution is 0.272. The van der Waals surface area contributed by atoms with E-state index in [-0.39, 0.29) is 18.0 Å². The molecule has 0 radical (unpaired) electrons. The first kappa shape index (κ1) is 13.9. The van der Waals surface area contributed by atoms with Gasteiger partial charge in [-0.05, 0) is 18.2 Å². The molecule has 104 valence electrons. The normalized spacial score (nSPS) is 12.2. The Hall–Kier alpha value is -1.57. The highest BCUT2D eigenvalue weighted by Gasteiger charge is 2.23. The van der Waals surface area contributed by atoms with Gasteiger partial charge in [-0.15, -0.1) is 0 Å². The SMILES string of the molecule is CN(Cc1ccco1)S(=O)(=O)c1cc(CO)n(C)c1. The van der Waals surface area contributed by atoms with Gasteiger partial charge in [0, 0.05) is 26.0 Å². The summed E-state index contributed by atoms with van der Waals surface area (Å²) in [5.41, 5.74) is 0.546. The highest BCUT2D eigenvalue weighted by atomic mass is 32.2. The van der Waals surface area contributed by atoms with Gasteiger partial charge in [-0.1, -0.05) is 0 Å². The number of aryl methyl sites for hydroxylation is 1. The third-order valence-electron chi connectivity index (χ3n) is 2.91. The maximum absolute atomic E-state index is 12.3. The number of furan rings is 1. The predicted molar refractivity (Wildman–Crippen MR) is 68.7 cm³/mol. The maximum atomic E-state index is 12.3. The second-order valence-electron chi connectivity index (χ2n) is 4.28. The van der Waals surface area contributed by atoms with E-state index < -0.39 is 10.0 Å². The van der Waals surface area contributed by atoms with Gasteiger partial charge in [0.15, 0.2) is 0 Å². The van der Waals surface area contributed by atoms with Crippen molar-refractivity contribution in [2.24, 2.45) is 7.05 Å². The zero-order valence-corrected chi connectivity index (χ0v) is 11.6. The Morgan fingerprint density at radius 3 is 2.74 bits per heavy atom. The number of rotatable bonds is 5. The van der Waals surface area contributed by atoms with E-state index in [1.807, 2.05) is 0 Å². The van der Waals surface area contributed by atoms with Crippen LogP contribution in [-0.2, 0) is 30.2 Å². The van der Waals surface area contributed by atoms with E-state index in [9.17, 15) is 8.42 Å². The molecule has 0 bridgehead atoms. The topological polar surface area (TPSA) is 75.7 Å². The van der Waals surface area contributed by atoms with Crippen molar-refractivity contribution in [2.75, 3.05) is 7.05 Å². The average Bonchev–Trinajstić information content (AvgIpc) is 2.98. The van der Waals surface area contributed by atoms with Crippen LogP contribution in [0, 0.1) is 0 Å². The van der Waals surface area contributed by atoms with E-state index in [1.54, 1.807) is 23.7 Å². The predicted octanol–water partition coefficient (Wildman–Crippen LogP) is 0.931. The number of aliphatic hydroxyl groups is 1. The van der Waals surface area contributed by atoms with Crippen molar-refractivity contribution in [3.05, 3.63) is 42.1 Å². The summed E-state index contributed by atoms with van der Waals surface area (Å²) in [5, 5.41) is 9.10. The molecule has 0 atom stereocenters. The molecular weight excluding hydrogens is 268 g/mol. The number of aliphatic hydroxyl groups excluding tert-OH is 1. The smallest absolute Gasteiger partial charge is 0.244 e. The Morgan fingerprint density at radius 1 is 1.47 bits per heavy atom. The van der Waals surface area contributed by atoms with Crippen molar-refractivity contribution in [1.29, 1.82) is 0 Å². The summed E-state index contributed by atoms with van der Waals surface area (Å²) >= 11 is 0. The molecule has 7 heteroatoms. The fraction of sp³-hybridized carbons (Fsp3) is 0.333. The molecule has 0 unspecified atom stereocenters. The van der Waals surface area contributed by atoms with Crippen molar-refractivity contribution in [1.82, 2.24) is 8.87 Å². The van der Waals surface area contributed by atoms with E-state index >= 15 is 0 Å². The minimum atomic E-state index is -3.59. The Labute approximate surface area is 111 Å². The highest BCUT2D eigenvalue weighted by molar-refractivity contribution is 7.89.